The van der Waals surface area contributed by atoms with Crippen LogP contribution in [0.15, 0.2) is 34.9 Å². The fourth-order valence-electron chi connectivity index (χ4n) is 1.48. The molecule has 4 heteroatoms. The monoisotopic (exact) mass is 279 g/mol. The smallest absolute Gasteiger partial charge is 0.330 e. The number of carbonyl (C=O) groups is 1. The fourth-order valence-corrected chi connectivity index (χ4v) is 1.84. The topological polar surface area (TPSA) is 42.1 Å². The van der Waals surface area contributed by atoms with Gasteiger partial charge in [-0.25, -0.2) is 4.79 Å². The summed E-state index contributed by atoms with van der Waals surface area (Å²) >= 11 is 3.42. The average Bonchev–Trinajstić information content (AvgIpc) is 2.68. The summed E-state index contributed by atoms with van der Waals surface area (Å²) in [5, 5.41) is 1.06. The van der Waals surface area contributed by atoms with Crippen molar-refractivity contribution in [3.63, 3.8) is 0 Å². The minimum absolute atomic E-state index is 0.357. The predicted molar refractivity (Wildman–Crippen MR) is 67.0 cm³/mol. The zero-order valence-corrected chi connectivity index (χ0v) is 10.2. The Bertz CT molecular complexity index is 557. The molecule has 0 unspecified atom stereocenters. The molecule has 0 radical (unpaired) electrons. The molecule has 0 aliphatic rings. The first kappa shape index (κ1) is 11.0. The van der Waals surface area contributed by atoms with E-state index < -0.39 is 0 Å². The molecule has 1 N–H and O–H groups in total. The van der Waals surface area contributed by atoms with Gasteiger partial charge in [-0.1, -0.05) is 15.9 Å². The number of hydrogen-bond acceptors (Lipinski definition) is 2. The second-order valence-corrected chi connectivity index (χ2v) is 4.21. The highest BCUT2D eigenvalue weighted by atomic mass is 79.9. The summed E-state index contributed by atoms with van der Waals surface area (Å²) in [6, 6.07) is 5.95. The number of fused-ring (bicyclic) bond motifs is 1. The molecule has 0 bridgehead atoms. The van der Waals surface area contributed by atoms with E-state index in [-0.39, 0.29) is 5.97 Å². The van der Waals surface area contributed by atoms with E-state index in [4.69, 9.17) is 0 Å². The third-order valence-electron chi connectivity index (χ3n) is 2.28. The van der Waals surface area contributed by atoms with E-state index >= 15 is 0 Å². The highest BCUT2D eigenvalue weighted by molar-refractivity contribution is 9.10. The summed E-state index contributed by atoms with van der Waals surface area (Å²) in [7, 11) is 1.36. The van der Waals surface area contributed by atoms with Gasteiger partial charge in [0.05, 0.1) is 7.11 Å². The zero-order chi connectivity index (χ0) is 11.5. The van der Waals surface area contributed by atoms with Gasteiger partial charge < -0.3 is 9.72 Å². The highest BCUT2D eigenvalue weighted by Gasteiger charge is 2.01. The van der Waals surface area contributed by atoms with Crippen LogP contribution in [-0.2, 0) is 9.53 Å². The minimum Gasteiger partial charge on any atom is -0.466 e. The van der Waals surface area contributed by atoms with Crippen LogP contribution in [0.1, 0.15) is 5.56 Å². The van der Waals surface area contributed by atoms with Crippen LogP contribution in [0.25, 0.3) is 17.0 Å². The molecule has 2 rings (SSSR count). The van der Waals surface area contributed by atoms with Crippen molar-refractivity contribution < 1.29 is 9.53 Å². The van der Waals surface area contributed by atoms with Crippen molar-refractivity contribution in [1.29, 1.82) is 0 Å². The summed E-state index contributed by atoms with van der Waals surface area (Å²) in [5.41, 5.74) is 1.99. The molecule has 1 heterocycles. The molecule has 0 saturated carbocycles. The second-order valence-electron chi connectivity index (χ2n) is 3.29. The van der Waals surface area contributed by atoms with Crippen LogP contribution in [0.4, 0.5) is 0 Å². The van der Waals surface area contributed by atoms with Crippen LogP contribution in [-0.4, -0.2) is 18.1 Å². The first-order chi connectivity index (χ1) is 7.70. The van der Waals surface area contributed by atoms with Crippen molar-refractivity contribution >= 4 is 38.9 Å². The first-order valence-corrected chi connectivity index (χ1v) is 5.52. The van der Waals surface area contributed by atoms with E-state index in [0.29, 0.717) is 0 Å². The molecule has 3 nitrogen and oxygen atoms in total. The lowest BCUT2D eigenvalue weighted by Crippen LogP contribution is -1.92. The number of halogens is 1. The van der Waals surface area contributed by atoms with Gasteiger partial charge in [0, 0.05) is 33.2 Å². The molecule has 16 heavy (non-hydrogen) atoms. The molecule has 0 atom stereocenters. The Labute approximate surface area is 101 Å². The first-order valence-electron chi connectivity index (χ1n) is 4.73. The van der Waals surface area contributed by atoms with E-state index in [9.17, 15) is 4.79 Å². The minimum atomic E-state index is -0.357. The Balaban J connectivity index is 2.41. The van der Waals surface area contributed by atoms with Gasteiger partial charge >= 0.3 is 5.97 Å². The van der Waals surface area contributed by atoms with Crippen molar-refractivity contribution in [1.82, 2.24) is 4.98 Å². The van der Waals surface area contributed by atoms with Crippen LogP contribution >= 0.6 is 15.9 Å². The number of carbonyl (C=O) groups excluding carboxylic acids is 1. The van der Waals surface area contributed by atoms with Crippen LogP contribution < -0.4 is 0 Å². The van der Waals surface area contributed by atoms with E-state index in [1.54, 1.807) is 6.08 Å². The maximum absolute atomic E-state index is 11.0. The van der Waals surface area contributed by atoms with E-state index in [1.807, 2.05) is 24.4 Å². The molecule has 0 amide bonds. The van der Waals surface area contributed by atoms with Gasteiger partial charge in [-0.2, -0.15) is 0 Å². The molecule has 0 spiro atoms. The Hall–Kier alpha value is -1.55. The molecule has 82 valence electrons. The van der Waals surface area contributed by atoms with Gasteiger partial charge in [0.15, 0.2) is 0 Å². The van der Waals surface area contributed by atoms with Crippen LogP contribution in [0.2, 0.25) is 0 Å². The number of H-pyrrole nitrogens is 1. The van der Waals surface area contributed by atoms with E-state index in [0.717, 1.165) is 20.9 Å². The Morgan fingerprint density at radius 1 is 1.50 bits per heavy atom. The third kappa shape index (κ3) is 2.17. The second kappa shape index (κ2) is 4.53. The SMILES string of the molecule is COC(=O)C=Cc1c[nH]c2ccc(Br)cc12. The lowest BCUT2D eigenvalue weighted by Gasteiger charge is -1.93. The highest BCUT2D eigenvalue weighted by Crippen LogP contribution is 2.23. The Morgan fingerprint density at radius 3 is 3.06 bits per heavy atom. The van der Waals surface area contributed by atoms with Gasteiger partial charge in [0.2, 0.25) is 0 Å². The molecule has 1 aromatic carbocycles. The van der Waals surface area contributed by atoms with Gasteiger partial charge in [-0.3, -0.25) is 0 Å². The molecular formula is C12H10BrNO2. The van der Waals surface area contributed by atoms with Crippen LogP contribution in [0.3, 0.4) is 0 Å². The number of aromatic amines is 1. The van der Waals surface area contributed by atoms with Crippen molar-refractivity contribution in [2.45, 2.75) is 0 Å². The summed E-state index contributed by atoms with van der Waals surface area (Å²) < 4.78 is 5.55. The van der Waals surface area contributed by atoms with Crippen molar-refractivity contribution in [3.8, 4) is 0 Å². The molecule has 1 aromatic heterocycles. The summed E-state index contributed by atoms with van der Waals surface area (Å²) in [5.74, 6) is -0.357. The maximum Gasteiger partial charge on any atom is 0.330 e. The third-order valence-corrected chi connectivity index (χ3v) is 2.77. The largest absolute Gasteiger partial charge is 0.466 e. The molecule has 0 fully saturated rings. The number of benzene rings is 1. The summed E-state index contributed by atoms with van der Waals surface area (Å²) in [4.78, 5) is 14.1. The molecule has 0 aliphatic heterocycles. The molecule has 2 aromatic rings. The number of ether oxygens (including phenoxy) is 1. The Morgan fingerprint density at radius 2 is 2.31 bits per heavy atom. The van der Waals surface area contributed by atoms with E-state index in [2.05, 4.69) is 25.7 Å². The Kier molecular flexibility index (Phi) is 3.10. The maximum atomic E-state index is 11.0. The standard InChI is InChI=1S/C12H10BrNO2/c1-16-12(15)5-2-8-7-14-11-4-3-9(13)6-10(8)11/h2-7,14H,1H3. The average molecular weight is 280 g/mol. The van der Waals surface area contributed by atoms with Gasteiger partial charge in [0.25, 0.3) is 0 Å². The van der Waals surface area contributed by atoms with Crippen LogP contribution in [0, 0.1) is 0 Å². The fraction of sp³-hybridized carbons (Fsp3) is 0.0833. The molecule has 0 aliphatic carbocycles. The number of aromatic nitrogens is 1. The van der Waals surface area contributed by atoms with E-state index in [1.165, 1.54) is 13.2 Å². The van der Waals surface area contributed by atoms with Crippen molar-refractivity contribution in [2.24, 2.45) is 0 Å². The summed E-state index contributed by atoms with van der Waals surface area (Å²) in [6.45, 7) is 0. The van der Waals surface area contributed by atoms with Crippen molar-refractivity contribution in [3.05, 3.63) is 40.5 Å². The number of esters is 1. The summed E-state index contributed by atoms with van der Waals surface area (Å²) in [6.07, 6.45) is 5.00. The zero-order valence-electron chi connectivity index (χ0n) is 8.66. The van der Waals surface area contributed by atoms with Gasteiger partial charge in [-0.15, -0.1) is 0 Å². The predicted octanol–water partition coefficient (Wildman–Crippen LogP) is 3.12. The normalized spacial score (nSPS) is 11.1. The van der Waals surface area contributed by atoms with Gasteiger partial charge in [-0.05, 0) is 24.3 Å². The molecule has 0 saturated heterocycles. The van der Waals surface area contributed by atoms with Crippen molar-refractivity contribution in [2.75, 3.05) is 7.11 Å². The van der Waals surface area contributed by atoms with Crippen LogP contribution in [0.5, 0.6) is 0 Å². The van der Waals surface area contributed by atoms with Gasteiger partial charge in [0.1, 0.15) is 0 Å². The number of nitrogens with one attached hydrogen (secondary N) is 1. The number of methoxy groups -OCH3 is 1. The lowest BCUT2D eigenvalue weighted by atomic mass is 10.1. The number of hydrogen-bond donors (Lipinski definition) is 1. The quantitative estimate of drug-likeness (QED) is 0.678. The lowest BCUT2D eigenvalue weighted by molar-refractivity contribution is -0.134. The number of rotatable bonds is 2. The molecular weight excluding hydrogens is 270 g/mol.